The summed E-state index contributed by atoms with van der Waals surface area (Å²) >= 11 is 0. The summed E-state index contributed by atoms with van der Waals surface area (Å²) in [6.07, 6.45) is 3.28. The zero-order chi connectivity index (χ0) is 12.2. The third kappa shape index (κ3) is 4.52. The van der Waals surface area contributed by atoms with Crippen LogP contribution < -0.4 is 5.32 Å². The van der Waals surface area contributed by atoms with Crippen molar-refractivity contribution < 1.29 is 4.79 Å². The number of likely N-dealkylation sites (tertiary alicyclic amines) is 1. The van der Waals surface area contributed by atoms with E-state index in [0.29, 0.717) is 5.91 Å². The Kier molecular flexibility index (Phi) is 4.78. The minimum Gasteiger partial charge on any atom is -0.342 e. The minimum atomic E-state index is 0.180. The number of carbonyl (C=O) groups is 1. The molecule has 0 radical (unpaired) electrons. The molecule has 3 heteroatoms. The Hall–Kier alpha value is -0.570. The van der Waals surface area contributed by atoms with Crippen molar-refractivity contribution in [3.63, 3.8) is 0 Å². The smallest absolute Gasteiger partial charge is 0.225 e. The molecular formula is C13H26N2O. The minimum absolute atomic E-state index is 0.180. The number of carbonyl (C=O) groups excluding carboxylic acids is 1. The quantitative estimate of drug-likeness (QED) is 0.744. The molecule has 94 valence electrons. The average molecular weight is 226 g/mol. The van der Waals surface area contributed by atoms with Gasteiger partial charge in [0, 0.05) is 24.5 Å². The van der Waals surface area contributed by atoms with Gasteiger partial charge in [-0.2, -0.15) is 0 Å². The molecule has 1 aliphatic heterocycles. The molecule has 0 bridgehead atoms. The first-order chi connectivity index (χ1) is 7.40. The van der Waals surface area contributed by atoms with E-state index < -0.39 is 0 Å². The second-order valence-corrected chi connectivity index (χ2v) is 5.90. The standard InChI is InChI=1S/C13H26N2O/c1-11-7-5-9-15(12(11)16)10-6-8-14-13(2,3)4/h11,14H,5-10H2,1-4H3. The molecule has 0 aromatic rings. The third-order valence-electron chi connectivity index (χ3n) is 3.06. The summed E-state index contributed by atoms with van der Waals surface area (Å²) in [4.78, 5) is 13.8. The molecule has 1 heterocycles. The predicted molar refractivity (Wildman–Crippen MR) is 67.4 cm³/mol. The molecule has 0 saturated carbocycles. The molecule has 0 spiro atoms. The van der Waals surface area contributed by atoms with Crippen LogP contribution in [0.2, 0.25) is 0 Å². The Morgan fingerprint density at radius 2 is 2.12 bits per heavy atom. The molecule has 1 rings (SSSR count). The largest absolute Gasteiger partial charge is 0.342 e. The summed E-state index contributed by atoms with van der Waals surface area (Å²) in [7, 11) is 0. The van der Waals surface area contributed by atoms with E-state index in [9.17, 15) is 4.79 Å². The summed E-state index contributed by atoms with van der Waals surface area (Å²) in [5, 5.41) is 3.45. The van der Waals surface area contributed by atoms with Gasteiger partial charge in [0.1, 0.15) is 0 Å². The molecule has 1 fully saturated rings. The van der Waals surface area contributed by atoms with E-state index in [1.165, 1.54) is 6.42 Å². The lowest BCUT2D eigenvalue weighted by atomic mass is 9.99. The fourth-order valence-electron chi connectivity index (χ4n) is 2.09. The lowest BCUT2D eigenvalue weighted by Gasteiger charge is -2.31. The first-order valence-corrected chi connectivity index (χ1v) is 6.44. The first-order valence-electron chi connectivity index (χ1n) is 6.44. The van der Waals surface area contributed by atoms with Crippen LogP contribution in [0.25, 0.3) is 0 Å². The highest BCUT2D eigenvalue weighted by molar-refractivity contribution is 5.79. The maximum atomic E-state index is 11.8. The summed E-state index contributed by atoms with van der Waals surface area (Å²) in [6.45, 7) is 11.4. The maximum absolute atomic E-state index is 11.8. The Balaban J connectivity index is 2.20. The van der Waals surface area contributed by atoms with Gasteiger partial charge in [0.15, 0.2) is 0 Å². The number of amides is 1. The van der Waals surface area contributed by atoms with Crippen molar-refractivity contribution in [2.75, 3.05) is 19.6 Å². The zero-order valence-electron chi connectivity index (χ0n) is 11.2. The molecule has 0 aromatic carbocycles. The second kappa shape index (κ2) is 5.67. The van der Waals surface area contributed by atoms with Crippen molar-refractivity contribution in [1.82, 2.24) is 10.2 Å². The molecule has 0 aromatic heterocycles. The van der Waals surface area contributed by atoms with Crippen molar-refractivity contribution in [3.8, 4) is 0 Å². The van der Waals surface area contributed by atoms with Crippen molar-refractivity contribution in [2.24, 2.45) is 5.92 Å². The van der Waals surface area contributed by atoms with E-state index >= 15 is 0 Å². The van der Waals surface area contributed by atoms with Gasteiger partial charge in [0.2, 0.25) is 5.91 Å². The number of nitrogens with one attached hydrogen (secondary N) is 1. The van der Waals surface area contributed by atoms with Gasteiger partial charge in [-0.15, -0.1) is 0 Å². The molecule has 16 heavy (non-hydrogen) atoms. The van der Waals surface area contributed by atoms with Gasteiger partial charge in [0.05, 0.1) is 0 Å². The van der Waals surface area contributed by atoms with Gasteiger partial charge in [0.25, 0.3) is 0 Å². The van der Waals surface area contributed by atoms with Crippen LogP contribution in [0.15, 0.2) is 0 Å². The molecule has 3 nitrogen and oxygen atoms in total. The van der Waals surface area contributed by atoms with Crippen LogP contribution in [0.4, 0.5) is 0 Å². The van der Waals surface area contributed by atoms with Gasteiger partial charge < -0.3 is 10.2 Å². The van der Waals surface area contributed by atoms with Crippen molar-refractivity contribution in [3.05, 3.63) is 0 Å². The predicted octanol–water partition coefficient (Wildman–Crippen LogP) is 2.02. The highest BCUT2D eigenvalue weighted by atomic mass is 16.2. The summed E-state index contributed by atoms with van der Waals surface area (Å²) in [6, 6.07) is 0. The summed E-state index contributed by atoms with van der Waals surface area (Å²) in [5.74, 6) is 0.589. The van der Waals surface area contributed by atoms with Crippen LogP contribution in [-0.4, -0.2) is 36.0 Å². The van der Waals surface area contributed by atoms with E-state index in [4.69, 9.17) is 0 Å². The molecule has 1 saturated heterocycles. The van der Waals surface area contributed by atoms with Crippen molar-refractivity contribution >= 4 is 5.91 Å². The molecule has 1 N–H and O–H groups in total. The average Bonchev–Trinajstić information content (AvgIpc) is 2.17. The monoisotopic (exact) mass is 226 g/mol. The molecular weight excluding hydrogens is 200 g/mol. The Labute approximate surface area is 99.6 Å². The Bertz CT molecular complexity index is 233. The summed E-state index contributed by atoms with van der Waals surface area (Å²) < 4.78 is 0. The lowest BCUT2D eigenvalue weighted by molar-refractivity contribution is -0.137. The number of piperidine rings is 1. The lowest BCUT2D eigenvalue weighted by Crippen LogP contribution is -2.42. The highest BCUT2D eigenvalue weighted by Gasteiger charge is 2.24. The van der Waals surface area contributed by atoms with Crippen LogP contribution in [-0.2, 0) is 4.79 Å². The topological polar surface area (TPSA) is 32.3 Å². The van der Waals surface area contributed by atoms with E-state index in [0.717, 1.165) is 32.5 Å². The van der Waals surface area contributed by atoms with Crippen LogP contribution in [0.5, 0.6) is 0 Å². The number of nitrogens with zero attached hydrogens (tertiary/aromatic N) is 1. The van der Waals surface area contributed by atoms with Gasteiger partial charge in [-0.1, -0.05) is 6.92 Å². The van der Waals surface area contributed by atoms with E-state index in [1.54, 1.807) is 0 Å². The van der Waals surface area contributed by atoms with Crippen molar-refractivity contribution in [2.45, 2.75) is 52.5 Å². The van der Waals surface area contributed by atoms with E-state index in [1.807, 2.05) is 11.8 Å². The molecule has 0 aliphatic carbocycles. The maximum Gasteiger partial charge on any atom is 0.225 e. The van der Waals surface area contributed by atoms with Gasteiger partial charge in [-0.3, -0.25) is 4.79 Å². The van der Waals surface area contributed by atoms with Crippen LogP contribution in [0.1, 0.15) is 47.0 Å². The first kappa shape index (κ1) is 13.5. The van der Waals surface area contributed by atoms with Gasteiger partial charge in [-0.25, -0.2) is 0 Å². The second-order valence-electron chi connectivity index (χ2n) is 5.90. The normalized spacial score (nSPS) is 22.6. The SMILES string of the molecule is CC1CCCN(CCCNC(C)(C)C)C1=O. The molecule has 1 atom stereocenters. The van der Waals surface area contributed by atoms with Crippen LogP contribution in [0.3, 0.4) is 0 Å². The van der Waals surface area contributed by atoms with E-state index in [-0.39, 0.29) is 11.5 Å². The van der Waals surface area contributed by atoms with Crippen molar-refractivity contribution in [1.29, 1.82) is 0 Å². The number of rotatable bonds is 4. The van der Waals surface area contributed by atoms with Crippen LogP contribution in [0, 0.1) is 5.92 Å². The fourth-order valence-corrected chi connectivity index (χ4v) is 2.09. The van der Waals surface area contributed by atoms with Gasteiger partial charge >= 0.3 is 0 Å². The fraction of sp³-hybridized carbons (Fsp3) is 0.923. The zero-order valence-corrected chi connectivity index (χ0v) is 11.2. The number of hydrogen-bond donors (Lipinski definition) is 1. The molecule has 1 unspecified atom stereocenters. The number of hydrogen-bond acceptors (Lipinski definition) is 2. The molecule has 1 aliphatic rings. The Morgan fingerprint density at radius 3 is 2.75 bits per heavy atom. The van der Waals surface area contributed by atoms with Gasteiger partial charge in [-0.05, 0) is 46.6 Å². The van der Waals surface area contributed by atoms with E-state index in [2.05, 4.69) is 26.1 Å². The molecule has 1 amide bonds. The van der Waals surface area contributed by atoms with Crippen LogP contribution >= 0.6 is 0 Å². The Morgan fingerprint density at radius 1 is 1.44 bits per heavy atom. The summed E-state index contributed by atoms with van der Waals surface area (Å²) in [5.41, 5.74) is 0.180. The third-order valence-corrected chi connectivity index (χ3v) is 3.06. The highest BCUT2D eigenvalue weighted by Crippen LogP contribution is 2.17.